The van der Waals surface area contributed by atoms with E-state index in [1.54, 1.807) is 6.08 Å². The first-order valence-electron chi connectivity index (χ1n) is 4.55. The Morgan fingerprint density at radius 3 is 2.57 bits per heavy atom. The second-order valence-electron chi connectivity index (χ2n) is 3.55. The van der Waals surface area contributed by atoms with Crippen molar-refractivity contribution in [1.82, 2.24) is 0 Å². The van der Waals surface area contributed by atoms with Crippen LogP contribution < -0.4 is 0 Å². The van der Waals surface area contributed by atoms with Crippen molar-refractivity contribution in [1.29, 1.82) is 0 Å². The van der Waals surface area contributed by atoms with E-state index in [4.69, 9.17) is 4.74 Å². The molecule has 0 spiro atoms. The molecule has 3 nitrogen and oxygen atoms in total. The zero-order valence-electron chi connectivity index (χ0n) is 8.50. The van der Waals surface area contributed by atoms with Crippen LogP contribution in [0.2, 0.25) is 0 Å². The van der Waals surface area contributed by atoms with E-state index in [1.165, 1.54) is 0 Å². The lowest BCUT2D eigenvalue weighted by molar-refractivity contribution is -0.126. The van der Waals surface area contributed by atoms with Crippen LogP contribution in [0.5, 0.6) is 0 Å². The zero-order chi connectivity index (χ0) is 10.6. The molecule has 1 heterocycles. The van der Waals surface area contributed by atoms with E-state index in [-0.39, 0.29) is 24.8 Å². The number of carbonyl (C=O) groups excluding carboxylic acids is 2. The average molecular weight is 194 g/mol. The summed E-state index contributed by atoms with van der Waals surface area (Å²) in [5, 5.41) is 0. The van der Waals surface area contributed by atoms with Gasteiger partial charge in [0.15, 0.2) is 11.6 Å². The van der Waals surface area contributed by atoms with Gasteiger partial charge in [0.2, 0.25) is 0 Å². The summed E-state index contributed by atoms with van der Waals surface area (Å²) in [5.41, 5.74) is 1.83. The predicted octanol–water partition coefficient (Wildman–Crippen LogP) is 1.44. The average Bonchev–Trinajstić information content (AvgIpc) is 2.01. The molecule has 0 aromatic heterocycles. The number of allylic oxidation sites excluding steroid dienone is 3. The van der Waals surface area contributed by atoms with Crippen LogP contribution in [0.15, 0.2) is 23.3 Å². The second-order valence-corrected chi connectivity index (χ2v) is 3.55. The minimum Gasteiger partial charge on any atom is -0.366 e. The van der Waals surface area contributed by atoms with Crippen LogP contribution in [-0.2, 0) is 14.3 Å². The molecule has 1 aliphatic heterocycles. The molecular weight excluding hydrogens is 180 g/mol. The van der Waals surface area contributed by atoms with Gasteiger partial charge in [0.05, 0.1) is 0 Å². The number of ketones is 2. The minimum absolute atomic E-state index is 0.00400. The maximum atomic E-state index is 11.2. The van der Waals surface area contributed by atoms with Gasteiger partial charge in [-0.25, -0.2) is 0 Å². The smallest absolute Gasteiger partial charge is 0.181 e. The summed E-state index contributed by atoms with van der Waals surface area (Å²) in [5.74, 6) is -0.0810. The van der Waals surface area contributed by atoms with Crippen molar-refractivity contribution in [3.8, 4) is 0 Å². The third-order valence-corrected chi connectivity index (χ3v) is 1.85. The van der Waals surface area contributed by atoms with Gasteiger partial charge in [-0.3, -0.25) is 9.59 Å². The van der Waals surface area contributed by atoms with Gasteiger partial charge in [0, 0.05) is 6.42 Å². The SMILES string of the molecule is CC1=CC(=O)COCC(=O)CC(C)=C1. The van der Waals surface area contributed by atoms with Gasteiger partial charge >= 0.3 is 0 Å². The summed E-state index contributed by atoms with van der Waals surface area (Å²) in [6.45, 7) is 3.74. The molecule has 1 rings (SSSR count). The molecule has 0 unspecified atom stereocenters. The van der Waals surface area contributed by atoms with Gasteiger partial charge in [-0.15, -0.1) is 0 Å². The summed E-state index contributed by atoms with van der Waals surface area (Å²) in [4.78, 5) is 22.4. The minimum atomic E-state index is -0.0961. The van der Waals surface area contributed by atoms with E-state index < -0.39 is 0 Å². The van der Waals surface area contributed by atoms with Crippen LogP contribution in [0, 0.1) is 0 Å². The number of carbonyl (C=O) groups is 2. The summed E-state index contributed by atoms with van der Waals surface area (Å²) in [7, 11) is 0. The lowest BCUT2D eigenvalue weighted by Crippen LogP contribution is -2.14. The first-order valence-corrected chi connectivity index (χ1v) is 4.55. The Balaban J connectivity index is 2.84. The lowest BCUT2D eigenvalue weighted by atomic mass is 10.1. The van der Waals surface area contributed by atoms with Crippen LogP contribution >= 0.6 is 0 Å². The molecule has 0 bridgehead atoms. The van der Waals surface area contributed by atoms with Crippen molar-refractivity contribution in [2.24, 2.45) is 0 Å². The molecule has 0 aliphatic carbocycles. The van der Waals surface area contributed by atoms with E-state index in [0.29, 0.717) is 6.42 Å². The molecule has 0 N–H and O–H groups in total. The Hall–Kier alpha value is -1.22. The number of Topliss-reactive ketones (excluding diaryl/α,β-unsaturated/α-hetero) is 1. The third-order valence-electron chi connectivity index (χ3n) is 1.85. The summed E-state index contributed by atoms with van der Waals surface area (Å²) in [6, 6.07) is 0. The van der Waals surface area contributed by atoms with Crippen molar-refractivity contribution in [2.45, 2.75) is 20.3 Å². The van der Waals surface area contributed by atoms with Crippen LogP contribution in [-0.4, -0.2) is 24.8 Å². The molecule has 0 aromatic carbocycles. The molecule has 1 aliphatic rings. The molecule has 0 saturated carbocycles. The maximum absolute atomic E-state index is 11.2. The Bertz CT molecular complexity index is 310. The fourth-order valence-corrected chi connectivity index (χ4v) is 1.40. The van der Waals surface area contributed by atoms with Crippen molar-refractivity contribution in [2.75, 3.05) is 13.2 Å². The molecule has 14 heavy (non-hydrogen) atoms. The highest BCUT2D eigenvalue weighted by Gasteiger charge is 2.07. The first-order chi connectivity index (χ1) is 6.58. The summed E-state index contributed by atoms with van der Waals surface area (Å²) >= 11 is 0. The number of rotatable bonds is 0. The highest BCUT2D eigenvalue weighted by Crippen LogP contribution is 2.08. The van der Waals surface area contributed by atoms with Crippen LogP contribution in [0.4, 0.5) is 0 Å². The third kappa shape index (κ3) is 3.66. The van der Waals surface area contributed by atoms with Gasteiger partial charge in [-0.1, -0.05) is 11.6 Å². The molecule has 0 aromatic rings. The van der Waals surface area contributed by atoms with E-state index in [9.17, 15) is 9.59 Å². The Labute approximate surface area is 83.4 Å². The normalized spacial score (nSPS) is 20.1. The highest BCUT2D eigenvalue weighted by atomic mass is 16.5. The van der Waals surface area contributed by atoms with E-state index >= 15 is 0 Å². The molecule has 0 fully saturated rings. The first kappa shape index (κ1) is 10.9. The van der Waals surface area contributed by atoms with Gasteiger partial charge in [-0.2, -0.15) is 0 Å². The number of hydrogen-bond donors (Lipinski definition) is 0. The monoisotopic (exact) mass is 194 g/mol. The van der Waals surface area contributed by atoms with Crippen LogP contribution in [0.25, 0.3) is 0 Å². The van der Waals surface area contributed by atoms with Crippen molar-refractivity contribution in [3.05, 3.63) is 23.3 Å². The molecule has 0 radical (unpaired) electrons. The Kier molecular flexibility index (Phi) is 3.77. The largest absolute Gasteiger partial charge is 0.366 e. The van der Waals surface area contributed by atoms with E-state index in [2.05, 4.69) is 0 Å². The fraction of sp³-hybridized carbons (Fsp3) is 0.455. The quantitative estimate of drug-likeness (QED) is 0.586. The van der Waals surface area contributed by atoms with Crippen molar-refractivity contribution in [3.63, 3.8) is 0 Å². The summed E-state index contributed by atoms with van der Waals surface area (Å²) in [6.07, 6.45) is 3.81. The Morgan fingerprint density at radius 1 is 1.14 bits per heavy atom. The topological polar surface area (TPSA) is 43.4 Å². The highest BCUT2D eigenvalue weighted by molar-refractivity contribution is 5.92. The van der Waals surface area contributed by atoms with Gasteiger partial charge in [0.25, 0.3) is 0 Å². The molecular formula is C11H14O3. The Morgan fingerprint density at radius 2 is 1.86 bits per heavy atom. The van der Waals surface area contributed by atoms with Gasteiger partial charge in [-0.05, 0) is 25.5 Å². The van der Waals surface area contributed by atoms with E-state index in [1.807, 2.05) is 19.9 Å². The molecule has 76 valence electrons. The standard InChI is InChI=1S/C11H14O3/c1-8-3-9(2)5-11(13)7-14-6-10(12)4-8/h3-4H,5-7H2,1-2H3. The van der Waals surface area contributed by atoms with E-state index in [0.717, 1.165) is 11.1 Å². The molecule has 3 heteroatoms. The summed E-state index contributed by atoms with van der Waals surface area (Å²) < 4.78 is 4.96. The number of hydrogen-bond acceptors (Lipinski definition) is 3. The molecule has 0 amide bonds. The molecule has 0 saturated heterocycles. The van der Waals surface area contributed by atoms with Crippen molar-refractivity contribution >= 4 is 11.6 Å². The van der Waals surface area contributed by atoms with Crippen LogP contribution in [0.1, 0.15) is 20.3 Å². The van der Waals surface area contributed by atoms with Gasteiger partial charge in [0.1, 0.15) is 13.2 Å². The van der Waals surface area contributed by atoms with Crippen LogP contribution in [0.3, 0.4) is 0 Å². The van der Waals surface area contributed by atoms with Gasteiger partial charge < -0.3 is 4.74 Å². The van der Waals surface area contributed by atoms with Crippen molar-refractivity contribution < 1.29 is 14.3 Å². The lowest BCUT2D eigenvalue weighted by Gasteiger charge is -2.05. The maximum Gasteiger partial charge on any atom is 0.181 e. The zero-order valence-corrected chi connectivity index (χ0v) is 8.50. The second kappa shape index (κ2) is 4.86. The predicted molar refractivity (Wildman–Crippen MR) is 53.0 cm³/mol. The number of ether oxygens (including phenoxy) is 1. The molecule has 0 atom stereocenters. The fourth-order valence-electron chi connectivity index (χ4n) is 1.40.